The molecule has 2 aromatic carbocycles. The van der Waals surface area contributed by atoms with Crippen molar-refractivity contribution in [3.63, 3.8) is 0 Å². The Kier molecular flexibility index (Phi) is 3.21. The third-order valence-corrected chi connectivity index (χ3v) is 4.59. The lowest BCUT2D eigenvalue weighted by Crippen LogP contribution is -2.33. The first-order chi connectivity index (χ1) is 12.5. The first-order valence-electron chi connectivity index (χ1n) is 8.28. The minimum absolute atomic E-state index is 0.00764. The number of methoxy groups -OCH3 is 2. The maximum atomic E-state index is 12.7. The van der Waals surface area contributed by atoms with Crippen LogP contribution in [0.3, 0.4) is 0 Å². The van der Waals surface area contributed by atoms with Crippen molar-refractivity contribution in [2.75, 3.05) is 14.2 Å². The third-order valence-electron chi connectivity index (χ3n) is 4.59. The zero-order chi connectivity index (χ0) is 18.5. The average Bonchev–Trinajstić information content (AvgIpc) is 3.13. The highest BCUT2D eigenvalue weighted by atomic mass is 16.6. The predicted octanol–water partition coefficient (Wildman–Crippen LogP) is 2.66. The van der Waals surface area contributed by atoms with Crippen LogP contribution in [-0.2, 0) is 29.4 Å². The van der Waals surface area contributed by atoms with Crippen LogP contribution < -0.4 is 0 Å². The Morgan fingerprint density at radius 3 is 2.32 bits per heavy atom. The summed E-state index contributed by atoms with van der Waals surface area (Å²) in [6.45, 7) is 0. The fraction of sp³-hybridized carbons (Fsp3) is 0.200. The van der Waals surface area contributed by atoms with Crippen molar-refractivity contribution in [3.05, 3.63) is 82.4 Å². The highest BCUT2D eigenvalue weighted by Crippen LogP contribution is 2.60. The normalized spacial score (nSPS) is 26.9. The van der Waals surface area contributed by atoms with Gasteiger partial charge in [0.25, 0.3) is 0 Å². The van der Waals surface area contributed by atoms with Gasteiger partial charge in [0.05, 0.1) is 26.7 Å². The van der Waals surface area contributed by atoms with E-state index in [2.05, 4.69) is 0 Å². The summed E-state index contributed by atoms with van der Waals surface area (Å²) in [7, 11) is 2.44. The molecule has 0 aromatic heterocycles. The van der Waals surface area contributed by atoms with Crippen LogP contribution in [-0.4, -0.2) is 26.2 Å². The van der Waals surface area contributed by atoms with E-state index in [0.29, 0.717) is 16.7 Å². The van der Waals surface area contributed by atoms with Gasteiger partial charge in [-0.2, -0.15) is 0 Å². The van der Waals surface area contributed by atoms with Crippen molar-refractivity contribution in [2.45, 2.75) is 11.7 Å². The van der Waals surface area contributed by atoms with Crippen molar-refractivity contribution in [1.82, 2.24) is 0 Å². The summed E-state index contributed by atoms with van der Waals surface area (Å²) in [5.74, 6) is -1.51. The minimum Gasteiger partial charge on any atom is -0.466 e. The van der Waals surface area contributed by atoms with Crippen LogP contribution in [0, 0.1) is 0 Å². The standard InChI is InChI=1S/C20H16O5/c1-23-18(21)15-16(19(22)24-2)20(12-8-4-3-5-9-12)14-11-7-6-10-13(14)17(15)25-20/h3-11,17H,1-2H3/t17-,20+/m0/s1/i17D. The highest BCUT2D eigenvalue weighted by Gasteiger charge is 2.61. The molecule has 126 valence electrons. The van der Waals surface area contributed by atoms with Crippen molar-refractivity contribution in [3.8, 4) is 0 Å². The maximum Gasteiger partial charge on any atom is 0.338 e. The quantitative estimate of drug-likeness (QED) is 0.806. The first-order valence-corrected chi connectivity index (χ1v) is 7.78. The van der Waals surface area contributed by atoms with Gasteiger partial charge < -0.3 is 14.2 Å². The molecule has 0 spiro atoms. The molecular weight excluding hydrogens is 320 g/mol. The number of hydrogen-bond donors (Lipinski definition) is 0. The second kappa shape index (κ2) is 5.57. The number of hydrogen-bond acceptors (Lipinski definition) is 5. The molecule has 0 saturated heterocycles. The molecule has 0 unspecified atom stereocenters. The number of esters is 2. The van der Waals surface area contributed by atoms with Crippen molar-refractivity contribution < 1.29 is 25.2 Å². The van der Waals surface area contributed by atoms with Gasteiger partial charge in [-0.1, -0.05) is 54.6 Å². The smallest absolute Gasteiger partial charge is 0.338 e. The van der Waals surface area contributed by atoms with Crippen LogP contribution in [0.15, 0.2) is 65.7 Å². The van der Waals surface area contributed by atoms with Crippen LogP contribution in [0.25, 0.3) is 0 Å². The molecule has 0 fully saturated rings. The van der Waals surface area contributed by atoms with Gasteiger partial charge in [-0.3, -0.25) is 0 Å². The predicted molar refractivity (Wildman–Crippen MR) is 88.5 cm³/mol. The molecule has 2 bridgehead atoms. The van der Waals surface area contributed by atoms with E-state index >= 15 is 0 Å². The van der Waals surface area contributed by atoms with Gasteiger partial charge in [-0.15, -0.1) is 0 Å². The number of fused-ring (bicyclic) bond motifs is 5. The summed E-state index contributed by atoms with van der Waals surface area (Å²) in [6.07, 6.45) is -1.84. The van der Waals surface area contributed by atoms with Gasteiger partial charge in [0.2, 0.25) is 0 Å². The molecule has 25 heavy (non-hydrogen) atoms. The molecule has 5 heteroatoms. The van der Waals surface area contributed by atoms with Gasteiger partial charge >= 0.3 is 11.9 Å². The van der Waals surface area contributed by atoms with Gasteiger partial charge in [-0.05, 0) is 16.7 Å². The van der Waals surface area contributed by atoms with Gasteiger partial charge in [-0.25, -0.2) is 9.59 Å². The molecule has 5 nitrogen and oxygen atoms in total. The van der Waals surface area contributed by atoms with E-state index < -0.39 is 23.6 Å². The first kappa shape index (κ1) is 14.4. The topological polar surface area (TPSA) is 61.8 Å². The second-order valence-corrected chi connectivity index (χ2v) is 5.76. The minimum atomic E-state index is -1.84. The average molecular weight is 337 g/mol. The number of carbonyl (C=O) groups excluding carboxylic acids is 2. The molecule has 4 rings (SSSR count). The summed E-state index contributed by atoms with van der Waals surface area (Å²) in [5.41, 5.74) is 0.254. The van der Waals surface area contributed by atoms with Crippen LogP contribution in [0.5, 0.6) is 0 Å². The number of ether oxygens (including phenoxy) is 3. The molecule has 0 aliphatic carbocycles. The van der Waals surface area contributed by atoms with Crippen LogP contribution in [0.2, 0.25) is 0 Å². The molecule has 2 aromatic rings. The van der Waals surface area contributed by atoms with E-state index in [-0.39, 0.29) is 11.1 Å². The molecule has 0 radical (unpaired) electrons. The van der Waals surface area contributed by atoms with E-state index in [1.54, 1.807) is 30.3 Å². The molecular formula is C20H16O5. The number of carbonyl (C=O) groups is 2. The Morgan fingerprint density at radius 1 is 1.00 bits per heavy atom. The van der Waals surface area contributed by atoms with Crippen LogP contribution in [0.1, 0.15) is 24.1 Å². The van der Waals surface area contributed by atoms with Crippen molar-refractivity contribution in [2.24, 2.45) is 0 Å². The Morgan fingerprint density at radius 2 is 1.64 bits per heavy atom. The lowest BCUT2D eigenvalue weighted by atomic mass is 9.74. The SMILES string of the molecule is [2H][C@@]12O[C@@](c3ccccc3)(C(C(=O)OC)=C1C(=O)OC)c1ccccc12. The van der Waals surface area contributed by atoms with Crippen molar-refractivity contribution >= 4 is 11.9 Å². The molecule has 0 N–H and O–H groups in total. The Hall–Kier alpha value is -2.92. The summed E-state index contributed by atoms with van der Waals surface area (Å²) < 4.78 is 24.9. The lowest BCUT2D eigenvalue weighted by molar-refractivity contribution is -0.139. The fourth-order valence-corrected chi connectivity index (χ4v) is 3.59. The van der Waals surface area contributed by atoms with Crippen molar-refractivity contribution in [1.29, 1.82) is 0 Å². The lowest BCUT2D eigenvalue weighted by Gasteiger charge is -2.29. The third kappa shape index (κ3) is 1.93. The maximum absolute atomic E-state index is 12.7. The number of rotatable bonds is 3. The zero-order valence-electron chi connectivity index (χ0n) is 14.7. The molecule has 2 aliphatic heterocycles. The molecule has 2 heterocycles. The summed E-state index contributed by atoms with van der Waals surface area (Å²) in [4.78, 5) is 25.2. The van der Waals surface area contributed by atoms with Crippen LogP contribution >= 0.6 is 0 Å². The van der Waals surface area contributed by atoms with E-state index in [1.165, 1.54) is 14.2 Å². The van der Waals surface area contributed by atoms with E-state index in [4.69, 9.17) is 15.6 Å². The Bertz CT molecular complexity index is 952. The molecule has 2 aliphatic rings. The Balaban J connectivity index is 2.14. The molecule has 0 amide bonds. The largest absolute Gasteiger partial charge is 0.466 e. The zero-order valence-corrected chi connectivity index (χ0v) is 13.7. The molecule has 2 atom stereocenters. The Labute approximate surface area is 146 Å². The highest BCUT2D eigenvalue weighted by molar-refractivity contribution is 6.05. The van der Waals surface area contributed by atoms with E-state index in [9.17, 15) is 9.59 Å². The summed E-state index contributed by atoms with van der Waals surface area (Å²) in [6, 6.07) is 16.2. The van der Waals surface area contributed by atoms with Gasteiger partial charge in [0.15, 0.2) is 5.60 Å². The monoisotopic (exact) mass is 337 g/mol. The fourth-order valence-electron chi connectivity index (χ4n) is 3.59. The molecule has 0 saturated carbocycles. The summed E-state index contributed by atoms with van der Waals surface area (Å²) >= 11 is 0. The van der Waals surface area contributed by atoms with Crippen LogP contribution in [0.4, 0.5) is 0 Å². The summed E-state index contributed by atoms with van der Waals surface area (Å²) in [5, 5.41) is 0. The van der Waals surface area contributed by atoms with E-state index in [0.717, 1.165) is 0 Å². The second-order valence-electron chi connectivity index (χ2n) is 5.76. The van der Waals surface area contributed by atoms with E-state index in [1.807, 2.05) is 24.3 Å². The van der Waals surface area contributed by atoms with Gasteiger partial charge in [0.1, 0.15) is 6.08 Å². The van der Waals surface area contributed by atoms with Gasteiger partial charge in [0, 0.05) is 0 Å². The number of benzene rings is 2.